The van der Waals surface area contributed by atoms with E-state index in [0.717, 1.165) is 36.5 Å². The van der Waals surface area contributed by atoms with E-state index in [-0.39, 0.29) is 6.04 Å². The number of hydrogen-bond donors (Lipinski definition) is 2. The molecule has 1 aromatic heterocycles. The number of hydrogen-bond acceptors (Lipinski definition) is 5. The van der Waals surface area contributed by atoms with E-state index in [2.05, 4.69) is 29.0 Å². The molecule has 2 N–H and O–H groups in total. The lowest BCUT2D eigenvalue weighted by molar-refractivity contribution is 0.452. The highest BCUT2D eigenvalue weighted by Crippen LogP contribution is 2.29. The van der Waals surface area contributed by atoms with Crippen LogP contribution in [0, 0.1) is 0 Å². The van der Waals surface area contributed by atoms with E-state index in [1.165, 1.54) is 0 Å². The molecule has 0 aliphatic carbocycles. The standard InChI is InChI=1S/C16H23N3OS/c1-4-7-17-12(2)15-6-5-14(8-16(15)20)19(3)9-13-10-21-11-18-13/h5-6,8,10-12,17,20H,4,7,9H2,1-3H3. The summed E-state index contributed by atoms with van der Waals surface area (Å²) in [4.78, 5) is 6.37. The molecule has 1 heterocycles. The zero-order valence-corrected chi connectivity index (χ0v) is 13.7. The third kappa shape index (κ3) is 4.19. The average Bonchev–Trinajstić information content (AvgIpc) is 2.97. The minimum absolute atomic E-state index is 0.155. The van der Waals surface area contributed by atoms with Crippen molar-refractivity contribution in [3.05, 3.63) is 40.3 Å². The second kappa shape index (κ2) is 7.43. The molecule has 2 rings (SSSR count). The number of anilines is 1. The van der Waals surface area contributed by atoms with Gasteiger partial charge in [0.1, 0.15) is 5.75 Å². The van der Waals surface area contributed by atoms with Crippen molar-refractivity contribution in [2.24, 2.45) is 0 Å². The van der Waals surface area contributed by atoms with Gasteiger partial charge in [0.2, 0.25) is 0 Å². The molecular formula is C16H23N3OS. The molecule has 5 heteroatoms. The van der Waals surface area contributed by atoms with Crippen molar-refractivity contribution in [3.8, 4) is 5.75 Å². The Morgan fingerprint density at radius 2 is 2.24 bits per heavy atom. The Morgan fingerprint density at radius 1 is 1.43 bits per heavy atom. The van der Waals surface area contributed by atoms with E-state index in [4.69, 9.17) is 0 Å². The van der Waals surface area contributed by atoms with Crippen molar-refractivity contribution in [2.75, 3.05) is 18.5 Å². The summed E-state index contributed by atoms with van der Waals surface area (Å²) >= 11 is 1.60. The molecule has 0 spiro atoms. The summed E-state index contributed by atoms with van der Waals surface area (Å²) in [5.41, 5.74) is 4.82. The number of nitrogens with one attached hydrogen (secondary N) is 1. The van der Waals surface area contributed by atoms with Gasteiger partial charge in [0.05, 0.1) is 17.7 Å². The van der Waals surface area contributed by atoms with Gasteiger partial charge >= 0.3 is 0 Å². The van der Waals surface area contributed by atoms with Crippen LogP contribution >= 0.6 is 11.3 Å². The number of thiazole rings is 1. The van der Waals surface area contributed by atoms with E-state index in [9.17, 15) is 5.11 Å². The summed E-state index contributed by atoms with van der Waals surface area (Å²) in [6.45, 7) is 5.90. The quantitative estimate of drug-likeness (QED) is 0.821. The highest BCUT2D eigenvalue weighted by molar-refractivity contribution is 7.07. The number of phenols is 1. The van der Waals surface area contributed by atoms with Crippen LogP contribution < -0.4 is 10.2 Å². The molecule has 0 radical (unpaired) electrons. The molecule has 4 nitrogen and oxygen atoms in total. The lowest BCUT2D eigenvalue weighted by Crippen LogP contribution is -2.20. The van der Waals surface area contributed by atoms with Gasteiger partial charge in [-0.25, -0.2) is 4.98 Å². The van der Waals surface area contributed by atoms with Crippen LogP contribution in [0.3, 0.4) is 0 Å². The van der Waals surface area contributed by atoms with Crippen molar-refractivity contribution >= 4 is 17.0 Å². The molecule has 0 aliphatic rings. The summed E-state index contributed by atoms with van der Waals surface area (Å²) in [7, 11) is 2.01. The minimum Gasteiger partial charge on any atom is -0.508 e. The van der Waals surface area contributed by atoms with Crippen LogP contribution in [0.1, 0.15) is 37.6 Å². The normalized spacial score (nSPS) is 12.3. The van der Waals surface area contributed by atoms with E-state index < -0.39 is 0 Å². The molecular weight excluding hydrogens is 282 g/mol. The predicted octanol–water partition coefficient (Wildman–Crippen LogP) is 3.55. The van der Waals surface area contributed by atoms with Crippen LogP contribution in [-0.2, 0) is 6.54 Å². The molecule has 1 atom stereocenters. The topological polar surface area (TPSA) is 48.4 Å². The monoisotopic (exact) mass is 305 g/mol. The van der Waals surface area contributed by atoms with E-state index in [1.54, 1.807) is 11.3 Å². The predicted molar refractivity (Wildman–Crippen MR) is 89.0 cm³/mol. The first-order valence-electron chi connectivity index (χ1n) is 7.26. The lowest BCUT2D eigenvalue weighted by atomic mass is 10.1. The number of aromatic nitrogens is 1. The SMILES string of the molecule is CCCNC(C)c1ccc(N(C)Cc2cscn2)cc1O. The molecule has 1 unspecified atom stereocenters. The van der Waals surface area contributed by atoms with Crippen LogP contribution in [0.15, 0.2) is 29.1 Å². The maximum atomic E-state index is 10.3. The second-order valence-corrected chi connectivity index (χ2v) is 5.97. The van der Waals surface area contributed by atoms with Gasteiger partial charge in [-0.15, -0.1) is 11.3 Å². The van der Waals surface area contributed by atoms with Crippen molar-refractivity contribution < 1.29 is 5.11 Å². The number of nitrogens with zero attached hydrogens (tertiary/aromatic N) is 2. The average molecular weight is 305 g/mol. The van der Waals surface area contributed by atoms with Crippen LogP contribution in [0.2, 0.25) is 0 Å². The molecule has 2 aromatic rings. The molecule has 0 saturated heterocycles. The van der Waals surface area contributed by atoms with Crippen LogP contribution in [0.25, 0.3) is 0 Å². The summed E-state index contributed by atoms with van der Waals surface area (Å²) in [6, 6.07) is 6.02. The third-order valence-corrected chi connectivity index (χ3v) is 4.14. The van der Waals surface area contributed by atoms with E-state index in [0.29, 0.717) is 5.75 Å². The van der Waals surface area contributed by atoms with Gasteiger partial charge in [0, 0.05) is 35.8 Å². The van der Waals surface area contributed by atoms with Gasteiger partial charge in [-0.2, -0.15) is 0 Å². The maximum Gasteiger partial charge on any atom is 0.122 e. The smallest absolute Gasteiger partial charge is 0.122 e. The van der Waals surface area contributed by atoms with Crippen LogP contribution in [-0.4, -0.2) is 23.7 Å². The summed E-state index contributed by atoms with van der Waals surface area (Å²) in [5.74, 6) is 0.341. The summed E-state index contributed by atoms with van der Waals surface area (Å²) < 4.78 is 0. The van der Waals surface area contributed by atoms with Crippen molar-refractivity contribution in [3.63, 3.8) is 0 Å². The van der Waals surface area contributed by atoms with Crippen LogP contribution in [0.5, 0.6) is 5.75 Å². The summed E-state index contributed by atoms with van der Waals surface area (Å²) in [5, 5.41) is 15.7. The third-order valence-electron chi connectivity index (χ3n) is 3.50. The minimum atomic E-state index is 0.155. The first-order valence-corrected chi connectivity index (χ1v) is 8.20. The van der Waals surface area contributed by atoms with Gasteiger partial charge in [0.25, 0.3) is 0 Å². The molecule has 0 fully saturated rings. The van der Waals surface area contributed by atoms with Gasteiger partial charge in [-0.1, -0.05) is 13.0 Å². The highest BCUT2D eigenvalue weighted by atomic mass is 32.1. The highest BCUT2D eigenvalue weighted by Gasteiger charge is 2.12. The van der Waals surface area contributed by atoms with Gasteiger partial charge in [-0.05, 0) is 26.0 Å². The largest absolute Gasteiger partial charge is 0.508 e. The summed E-state index contributed by atoms with van der Waals surface area (Å²) in [6.07, 6.45) is 1.08. The van der Waals surface area contributed by atoms with Gasteiger partial charge in [-0.3, -0.25) is 0 Å². The Balaban J connectivity index is 2.07. The maximum absolute atomic E-state index is 10.3. The number of benzene rings is 1. The Bertz CT molecular complexity index is 557. The molecule has 21 heavy (non-hydrogen) atoms. The van der Waals surface area contributed by atoms with Gasteiger partial charge < -0.3 is 15.3 Å². The Hall–Kier alpha value is -1.59. The van der Waals surface area contributed by atoms with Gasteiger partial charge in [0.15, 0.2) is 0 Å². The first kappa shape index (κ1) is 15.8. The molecule has 0 bridgehead atoms. The number of rotatable bonds is 7. The number of phenolic OH excluding ortho intramolecular Hbond substituents is 1. The van der Waals surface area contributed by atoms with E-state index >= 15 is 0 Å². The van der Waals surface area contributed by atoms with E-state index in [1.807, 2.05) is 36.1 Å². The molecule has 114 valence electrons. The molecule has 0 amide bonds. The fourth-order valence-electron chi connectivity index (χ4n) is 2.26. The van der Waals surface area contributed by atoms with Crippen molar-refractivity contribution in [1.82, 2.24) is 10.3 Å². The fraction of sp³-hybridized carbons (Fsp3) is 0.438. The Morgan fingerprint density at radius 3 is 2.86 bits per heavy atom. The molecule has 1 aromatic carbocycles. The van der Waals surface area contributed by atoms with Crippen LogP contribution in [0.4, 0.5) is 5.69 Å². The fourth-order valence-corrected chi connectivity index (χ4v) is 2.81. The molecule has 0 saturated carbocycles. The number of aromatic hydroxyl groups is 1. The molecule has 0 aliphatic heterocycles. The Labute approximate surface area is 130 Å². The van der Waals surface area contributed by atoms with Crippen molar-refractivity contribution in [1.29, 1.82) is 0 Å². The van der Waals surface area contributed by atoms with Crippen molar-refractivity contribution in [2.45, 2.75) is 32.9 Å². The zero-order chi connectivity index (χ0) is 15.2. The zero-order valence-electron chi connectivity index (χ0n) is 12.8. The lowest BCUT2D eigenvalue weighted by Gasteiger charge is -2.21. The first-order chi connectivity index (χ1) is 10.1. The Kier molecular flexibility index (Phi) is 5.59. The second-order valence-electron chi connectivity index (χ2n) is 5.25.